The zero-order chi connectivity index (χ0) is 18.1. The number of pyridine rings is 1. The van der Waals surface area contributed by atoms with Crippen LogP contribution in [0.2, 0.25) is 0 Å². The largest absolute Gasteiger partial charge is 0.493 e. The average molecular weight is 344 g/mol. The Kier molecular flexibility index (Phi) is 7.22. The molecule has 0 aliphatic heterocycles. The van der Waals surface area contributed by atoms with Gasteiger partial charge in [0.2, 0.25) is 5.91 Å². The van der Waals surface area contributed by atoms with Gasteiger partial charge in [-0.2, -0.15) is 0 Å². The lowest BCUT2D eigenvalue weighted by Crippen LogP contribution is -2.34. The third-order valence-corrected chi connectivity index (χ3v) is 3.84. The van der Waals surface area contributed by atoms with Crippen LogP contribution >= 0.6 is 0 Å². The van der Waals surface area contributed by atoms with Gasteiger partial charge in [-0.15, -0.1) is 0 Å². The SMILES string of the molecule is COCCN(Cc1ccncc1)C(=O)Cc1ccc(OC)c(OC)c1. The zero-order valence-electron chi connectivity index (χ0n) is 14.9. The third kappa shape index (κ3) is 5.46. The van der Waals surface area contributed by atoms with Gasteiger partial charge in [-0.1, -0.05) is 6.07 Å². The normalized spacial score (nSPS) is 10.4. The molecular weight excluding hydrogens is 320 g/mol. The van der Waals surface area contributed by atoms with Gasteiger partial charge >= 0.3 is 0 Å². The van der Waals surface area contributed by atoms with Gasteiger partial charge in [0.05, 0.1) is 27.2 Å². The van der Waals surface area contributed by atoms with E-state index in [1.54, 1.807) is 38.6 Å². The van der Waals surface area contributed by atoms with Crippen LogP contribution in [0.1, 0.15) is 11.1 Å². The quantitative estimate of drug-likeness (QED) is 0.699. The molecule has 0 aliphatic rings. The summed E-state index contributed by atoms with van der Waals surface area (Å²) in [5, 5.41) is 0. The Morgan fingerprint density at radius 1 is 1.00 bits per heavy atom. The number of aromatic nitrogens is 1. The highest BCUT2D eigenvalue weighted by Gasteiger charge is 2.16. The number of nitrogens with zero attached hydrogens (tertiary/aromatic N) is 2. The lowest BCUT2D eigenvalue weighted by molar-refractivity contribution is -0.131. The van der Waals surface area contributed by atoms with E-state index < -0.39 is 0 Å². The monoisotopic (exact) mass is 344 g/mol. The first-order chi connectivity index (χ1) is 12.2. The van der Waals surface area contributed by atoms with Gasteiger partial charge in [-0.25, -0.2) is 0 Å². The molecule has 2 aromatic rings. The highest BCUT2D eigenvalue weighted by molar-refractivity contribution is 5.79. The molecule has 6 nitrogen and oxygen atoms in total. The van der Waals surface area contributed by atoms with E-state index in [0.29, 0.717) is 31.2 Å². The van der Waals surface area contributed by atoms with Crippen molar-refractivity contribution < 1.29 is 19.0 Å². The predicted molar refractivity (Wildman–Crippen MR) is 94.8 cm³/mol. The smallest absolute Gasteiger partial charge is 0.227 e. The standard InChI is InChI=1S/C19H24N2O4/c1-23-11-10-21(14-15-6-8-20-9-7-15)19(22)13-16-4-5-17(24-2)18(12-16)25-3/h4-9,12H,10-11,13-14H2,1-3H3. The average Bonchev–Trinajstić information content (AvgIpc) is 2.65. The maximum Gasteiger partial charge on any atom is 0.227 e. The number of amides is 1. The number of methoxy groups -OCH3 is 3. The summed E-state index contributed by atoms with van der Waals surface area (Å²) in [6.45, 7) is 1.55. The minimum atomic E-state index is 0.0288. The first-order valence-electron chi connectivity index (χ1n) is 8.04. The van der Waals surface area contributed by atoms with Crippen LogP contribution in [0.3, 0.4) is 0 Å². The van der Waals surface area contributed by atoms with Crippen molar-refractivity contribution >= 4 is 5.91 Å². The molecule has 1 heterocycles. The fourth-order valence-corrected chi connectivity index (χ4v) is 2.48. The van der Waals surface area contributed by atoms with Crippen LogP contribution < -0.4 is 9.47 Å². The van der Waals surface area contributed by atoms with Gasteiger partial charge in [0.1, 0.15) is 0 Å². The van der Waals surface area contributed by atoms with Crippen molar-refractivity contribution in [3.63, 3.8) is 0 Å². The molecule has 0 saturated carbocycles. The van der Waals surface area contributed by atoms with Crippen molar-refractivity contribution in [2.24, 2.45) is 0 Å². The van der Waals surface area contributed by atoms with Crippen LogP contribution in [0.5, 0.6) is 11.5 Å². The van der Waals surface area contributed by atoms with Crippen LogP contribution in [-0.4, -0.2) is 50.3 Å². The summed E-state index contributed by atoms with van der Waals surface area (Å²) >= 11 is 0. The molecule has 2 rings (SSSR count). The first kappa shape index (κ1) is 18.7. The van der Waals surface area contributed by atoms with E-state index >= 15 is 0 Å². The Morgan fingerprint density at radius 2 is 1.72 bits per heavy atom. The summed E-state index contributed by atoms with van der Waals surface area (Å²) < 4.78 is 15.7. The lowest BCUT2D eigenvalue weighted by atomic mass is 10.1. The Bertz CT molecular complexity index is 676. The van der Waals surface area contributed by atoms with Crippen LogP contribution in [0.15, 0.2) is 42.7 Å². The van der Waals surface area contributed by atoms with E-state index in [2.05, 4.69) is 4.98 Å². The van der Waals surface area contributed by atoms with Crippen molar-refractivity contribution in [3.05, 3.63) is 53.9 Å². The summed E-state index contributed by atoms with van der Waals surface area (Å²) in [5.41, 5.74) is 1.91. The molecule has 0 saturated heterocycles. The molecular formula is C19H24N2O4. The molecule has 0 aliphatic carbocycles. The maximum atomic E-state index is 12.8. The molecule has 1 aromatic heterocycles. The third-order valence-electron chi connectivity index (χ3n) is 3.84. The molecule has 0 N–H and O–H groups in total. The molecule has 1 aromatic carbocycles. The molecule has 25 heavy (non-hydrogen) atoms. The number of benzene rings is 1. The fraction of sp³-hybridized carbons (Fsp3) is 0.368. The molecule has 6 heteroatoms. The molecule has 0 atom stereocenters. The van der Waals surface area contributed by atoms with E-state index in [1.807, 2.05) is 30.3 Å². The van der Waals surface area contributed by atoms with Crippen LogP contribution in [-0.2, 0) is 22.5 Å². The van der Waals surface area contributed by atoms with Gasteiger partial charge in [-0.05, 0) is 35.4 Å². The molecule has 0 bridgehead atoms. The minimum absolute atomic E-state index is 0.0288. The maximum absolute atomic E-state index is 12.8. The second kappa shape index (κ2) is 9.64. The van der Waals surface area contributed by atoms with E-state index in [-0.39, 0.29) is 12.3 Å². The van der Waals surface area contributed by atoms with Crippen LogP contribution in [0.4, 0.5) is 0 Å². The molecule has 134 valence electrons. The number of carbonyl (C=O) groups excluding carboxylic acids is 1. The van der Waals surface area contributed by atoms with Gasteiger partial charge in [0.25, 0.3) is 0 Å². The fourth-order valence-electron chi connectivity index (χ4n) is 2.48. The van der Waals surface area contributed by atoms with Crippen molar-refractivity contribution in [1.29, 1.82) is 0 Å². The summed E-state index contributed by atoms with van der Waals surface area (Å²) in [4.78, 5) is 18.6. The second-order valence-corrected chi connectivity index (χ2v) is 5.53. The molecule has 0 unspecified atom stereocenters. The van der Waals surface area contributed by atoms with Gasteiger partial charge < -0.3 is 19.1 Å². The molecule has 0 radical (unpaired) electrons. The summed E-state index contributed by atoms with van der Waals surface area (Å²) in [6.07, 6.45) is 3.74. The van der Waals surface area contributed by atoms with Crippen LogP contribution in [0.25, 0.3) is 0 Å². The van der Waals surface area contributed by atoms with Crippen molar-refractivity contribution in [2.75, 3.05) is 34.5 Å². The molecule has 0 spiro atoms. The second-order valence-electron chi connectivity index (χ2n) is 5.53. The van der Waals surface area contributed by atoms with Gasteiger partial charge in [0.15, 0.2) is 11.5 Å². The zero-order valence-corrected chi connectivity index (χ0v) is 14.9. The Hall–Kier alpha value is -2.60. The van der Waals surface area contributed by atoms with Crippen LogP contribution in [0, 0.1) is 0 Å². The topological polar surface area (TPSA) is 60.9 Å². The van der Waals surface area contributed by atoms with Gasteiger partial charge in [0, 0.05) is 32.6 Å². The summed E-state index contributed by atoms with van der Waals surface area (Å²) in [7, 11) is 4.80. The highest BCUT2D eigenvalue weighted by atomic mass is 16.5. The number of hydrogen-bond donors (Lipinski definition) is 0. The van der Waals surface area contributed by atoms with Crippen molar-refractivity contribution in [2.45, 2.75) is 13.0 Å². The summed E-state index contributed by atoms with van der Waals surface area (Å²) in [6, 6.07) is 9.33. The Balaban J connectivity index is 2.10. The number of rotatable bonds is 9. The van der Waals surface area contributed by atoms with Gasteiger partial charge in [-0.3, -0.25) is 9.78 Å². The highest BCUT2D eigenvalue weighted by Crippen LogP contribution is 2.27. The van der Waals surface area contributed by atoms with Crippen molar-refractivity contribution in [3.8, 4) is 11.5 Å². The number of carbonyl (C=O) groups is 1. The van der Waals surface area contributed by atoms with E-state index in [9.17, 15) is 4.79 Å². The Labute approximate surface area is 148 Å². The Morgan fingerprint density at radius 3 is 2.36 bits per heavy atom. The number of ether oxygens (including phenoxy) is 3. The molecule has 0 fully saturated rings. The predicted octanol–water partition coefficient (Wildman–Crippen LogP) is 2.32. The molecule has 1 amide bonds. The lowest BCUT2D eigenvalue weighted by Gasteiger charge is -2.23. The minimum Gasteiger partial charge on any atom is -0.493 e. The summed E-state index contributed by atoms with van der Waals surface area (Å²) in [5.74, 6) is 1.29. The number of hydrogen-bond acceptors (Lipinski definition) is 5. The van der Waals surface area contributed by atoms with E-state index in [0.717, 1.165) is 11.1 Å². The first-order valence-corrected chi connectivity index (χ1v) is 8.04. The van der Waals surface area contributed by atoms with Crippen molar-refractivity contribution in [1.82, 2.24) is 9.88 Å². The van der Waals surface area contributed by atoms with E-state index in [1.165, 1.54) is 0 Å². The van der Waals surface area contributed by atoms with E-state index in [4.69, 9.17) is 14.2 Å².